The van der Waals surface area contributed by atoms with Gasteiger partial charge in [0, 0.05) is 12.6 Å². The lowest BCUT2D eigenvalue weighted by molar-refractivity contribution is 0.264. The molecule has 0 amide bonds. The highest BCUT2D eigenvalue weighted by Gasteiger charge is 2.20. The Kier molecular flexibility index (Phi) is 4.85. The Hall–Kier alpha value is -2.02. The van der Waals surface area contributed by atoms with Crippen LogP contribution in [0.5, 0.6) is 5.75 Å². The van der Waals surface area contributed by atoms with Crippen molar-refractivity contribution in [2.24, 2.45) is 0 Å². The van der Waals surface area contributed by atoms with Crippen molar-refractivity contribution in [2.75, 3.05) is 13.2 Å². The largest absolute Gasteiger partial charge is 0.486 e. The van der Waals surface area contributed by atoms with E-state index >= 15 is 0 Å². The minimum absolute atomic E-state index is 0.134. The molecule has 0 aliphatic rings. The van der Waals surface area contributed by atoms with Crippen molar-refractivity contribution in [2.45, 2.75) is 13.0 Å². The van der Waals surface area contributed by atoms with Gasteiger partial charge >= 0.3 is 0 Å². The molecule has 0 bridgehead atoms. The van der Waals surface area contributed by atoms with Crippen molar-refractivity contribution < 1.29 is 26.7 Å². The SMILES string of the molecule is CC(NCCOc1c(F)c(F)cc(F)c1F)c1ccco1. The van der Waals surface area contributed by atoms with E-state index in [9.17, 15) is 17.6 Å². The fraction of sp³-hybridized carbons (Fsp3) is 0.286. The third-order valence-corrected chi connectivity index (χ3v) is 2.84. The summed E-state index contributed by atoms with van der Waals surface area (Å²) in [6.45, 7) is 1.86. The molecule has 0 saturated carbocycles. The minimum atomic E-state index is -1.55. The van der Waals surface area contributed by atoms with E-state index in [1.165, 1.54) is 6.26 Å². The summed E-state index contributed by atoms with van der Waals surface area (Å²) < 4.78 is 62.5. The monoisotopic (exact) mass is 303 g/mol. The topological polar surface area (TPSA) is 34.4 Å². The van der Waals surface area contributed by atoms with Gasteiger partial charge in [0.25, 0.3) is 0 Å². The minimum Gasteiger partial charge on any atom is -0.486 e. The summed E-state index contributed by atoms with van der Waals surface area (Å²) in [4.78, 5) is 0. The highest BCUT2D eigenvalue weighted by atomic mass is 19.2. The van der Waals surface area contributed by atoms with Crippen molar-refractivity contribution in [1.82, 2.24) is 5.32 Å². The fourth-order valence-electron chi connectivity index (χ4n) is 1.74. The molecule has 0 saturated heterocycles. The van der Waals surface area contributed by atoms with Crippen molar-refractivity contribution in [1.29, 1.82) is 0 Å². The van der Waals surface area contributed by atoms with E-state index in [0.29, 0.717) is 5.76 Å². The summed E-state index contributed by atoms with van der Waals surface area (Å²) in [5.41, 5.74) is 0. The molecule has 2 aromatic rings. The van der Waals surface area contributed by atoms with Crippen LogP contribution in [0.15, 0.2) is 28.9 Å². The summed E-state index contributed by atoms with van der Waals surface area (Å²) >= 11 is 0. The molecule has 1 unspecified atom stereocenters. The van der Waals surface area contributed by atoms with Crippen molar-refractivity contribution in [3.05, 3.63) is 53.5 Å². The molecule has 1 aromatic carbocycles. The van der Waals surface area contributed by atoms with Crippen molar-refractivity contribution in [3.63, 3.8) is 0 Å². The Balaban J connectivity index is 1.89. The molecule has 21 heavy (non-hydrogen) atoms. The summed E-state index contributed by atoms with van der Waals surface area (Å²) in [5, 5.41) is 2.97. The van der Waals surface area contributed by atoms with Crippen LogP contribution in [0.3, 0.4) is 0 Å². The van der Waals surface area contributed by atoms with Gasteiger partial charge in [0.2, 0.25) is 11.6 Å². The van der Waals surface area contributed by atoms with E-state index in [4.69, 9.17) is 9.15 Å². The van der Waals surface area contributed by atoms with Crippen LogP contribution in [0, 0.1) is 23.3 Å². The molecule has 1 heterocycles. The second kappa shape index (κ2) is 6.62. The molecule has 1 atom stereocenters. The molecule has 0 aliphatic heterocycles. The smallest absolute Gasteiger partial charge is 0.203 e. The van der Waals surface area contributed by atoms with Crippen LogP contribution in [0.25, 0.3) is 0 Å². The number of benzene rings is 1. The molecule has 0 spiro atoms. The van der Waals surface area contributed by atoms with E-state index in [2.05, 4.69) is 5.32 Å². The van der Waals surface area contributed by atoms with Crippen LogP contribution in [-0.4, -0.2) is 13.2 Å². The lowest BCUT2D eigenvalue weighted by Crippen LogP contribution is -2.24. The van der Waals surface area contributed by atoms with E-state index < -0.39 is 29.0 Å². The number of hydrogen-bond acceptors (Lipinski definition) is 3. The van der Waals surface area contributed by atoms with Gasteiger partial charge in [0.1, 0.15) is 12.4 Å². The van der Waals surface area contributed by atoms with Gasteiger partial charge in [-0.05, 0) is 19.1 Å². The van der Waals surface area contributed by atoms with Crippen LogP contribution in [0.1, 0.15) is 18.7 Å². The molecule has 114 valence electrons. The Morgan fingerprint density at radius 2 is 1.86 bits per heavy atom. The average molecular weight is 303 g/mol. The zero-order chi connectivity index (χ0) is 15.4. The van der Waals surface area contributed by atoms with Gasteiger partial charge in [-0.15, -0.1) is 0 Å². The number of rotatable bonds is 6. The number of furan rings is 1. The predicted molar refractivity (Wildman–Crippen MR) is 66.9 cm³/mol. The summed E-state index contributed by atoms with van der Waals surface area (Å²) in [7, 11) is 0. The summed E-state index contributed by atoms with van der Waals surface area (Å²) in [6, 6.07) is 3.49. The van der Waals surface area contributed by atoms with Crippen LogP contribution in [0.4, 0.5) is 17.6 Å². The molecule has 7 heteroatoms. The molecule has 1 aromatic heterocycles. The first-order chi connectivity index (χ1) is 10.0. The molecule has 2 rings (SSSR count). The summed E-state index contributed by atoms with van der Waals surface area (Å²) in [6.07, 6.45) is 1.52. The zero-order valence-corrected chi connectivity index (χ0v) is 11.1. The lowest BCUT2D eigenvalue weighted by atomic mass is 10.2. The summed E-state index contributed by atoms with van der Waals surface area (Å²) in [5.74, 6) is -6.47. The highest BCUT2D eigenvalue weighted by molar-refractivity contribution is 5.28. The molecule has 0 radical (unpaired) electrons. The maximum absolute atomic E-state index is 13.3. The van der Waals surface area contributed by atoms with Gasteiger partial charge in [-0.3, -0.25) is 0 Å². The van der Waals surface area contributed by atoms with E-state index in [1.54, 1.807) is 12.1 Å². The van der Waals surface area contributed by atoms with Crippen LogP contribution in [0.2, 0.25) is 0 Å². The number of halogens is 4. The maximum atomic E-state index is 13.3. The Bertz CT molecular complexity index is 575. The second-order valence-corrected chi connectivity index (χ2v) is 4.34. The van der Waals surface area contributed by atoms with Gasteiger partial charge in [0.15, 0.2) is 17.4 Å². The van der Waals surface area contributed by atoms with E-state index in [1.807, 2.05) is 6.92 Å². The molecule has 0 aliphatic carbocycles. The highest BCUT2D eigenvalue weighted by Crippen LogP contribution is 2.26. The van der Waals surface area contributed by atoms with Gasteiger partial charge in [-0.1, -0.05) is 0 Å². The maximum Gasteiger partial charge on any atom is 0.203 e. The number of ether oxygens (including phenoxy) is 1. The molecule has 0 fully saturated rings. The molecular formula is C14H13F4NO2. The van der Waals surface area contributed by atoms with Gasteiger partial charge in [0.05, 0.1) is 12.3 Å². The average Bonchev–Trinajstić information content (AvgIpc) is 2.98. The first kappa shape index (κ1) is 15.4. The van der Waals surface area contributed by atoms with Crippen LogP contribution in [-0.2, 0) is 0 Å². The van der Waals surface area contributed by atoms with Gasteiger partial charge in [-0.2, -0.15) is 8.78 Å². The van der Waals surface area contributed by atoms with E-state index in [0.717, 1.165) is 0 Å². The molecule has 3 nitrogen and oxygen atoms in total. The van der Waals surface area contributed by atoms with E-state index in [-0.39, 0.29) is 25.3 Å². The number of hydrogen-bond donors (Lipinski definition) is 1. The Morgan fingerprint density at radius 3 is 2.43 bits per heavy atom. The van der Waals surface area contributed by atoms with Crippen LogP contribution >= 0.6 is 0 Å². The molecular weight excluding hydrogens is 290 g/mol. The van der Waals surface area contributed by atoms with Gasteiger partial charge in [-0.25, -0.2) is 8.78 Å². The van der Waals surface area contributed by atoms with Crippen molar-refractivity contribution in [3.8, 4) is 5.75 Å². The van der Waals surface area contributed by atoms with Crippen molar-refractivity contribution >= 4 is 0 Å². The van der Waals surface area contributed by atoms with Crippen LogP contribution < -0.4 is 10.1 Å². The molecule has 1 N–H and O–H groups in total. The quantitative estimate of drug-likeness (QED) is 0.503. The fourth-order valence-corrected chi connectivity index (χ4v) is 1.74. The third kappa shape index (κ3) is 3.55. The third-order valence-electron chi connectivity index (χ3n) is 2.84. The standard InChI is InChI=1S/C14H13F4NO2/c1-8(11-3-2-5-20-11)19-4-6-21-14-12(17)9(15)7-10(16)13(14)18/h2-3,5,7-8,19H,4,6H2,1H3. The van der Waals surface area contributed by atoms with Gasteiger partial charge < -0.3 is 14.5 Å². The lowest BCUT2D eigenvalue weighted by Gasteiger charge is -2.13. The normalized spacial score (nSPS) is 12.4. The first-order valence-corrected chi connectivity index (χ1v) is 6.23. The first-order valence-electron chi connectivity index (χ1n) is 6.23. The Labute approximate surface area is 118 Å². The zero-order valence-electron chi connectivity index (χ0n) is 11.1. The number of nitrogens with one attached hydrogen (secondary N) is 1. The Morgan fingerprint density at radius 1 is 1.19 bits per heavy atom. The predicted octanol–water partition coefficient (Wildman–Crippen LogP) is 3.57. The second-order valence-electron chi connectivity index (χ2n) is 4.34.